The summed E-state index contributed by atoms with van der Waals surface area (Å²) in [7, 11) is 1.89. The maximum absolute atomic E-state index is 11.9. The molecule has 1 saturated carbocycles. The van der Waals surface area contributed by atoms with E-state index in [2.05, 4.69) is 40.3 Å². The molecule has 1 aromatic rings. The molecule has 0 aromatic heterocycles. The molecule has 0 radical (unpaired) electrons. The van der Waals surface area contributed by atoms with Gasteiger partial charge in [-0.1, -0.05) is 28.1 Å². The van der Waals surface area contributed by atoms with Crippen LogP contribution in [0.15, 0.2) is 28.7 Å². The van der Waals surface area contributed by atoms with Crippen LogP contribution in [0.4, 0.5) is 0 Å². The monoisotopic (exact) mass is 310 g/mol. The molecule has 0 heterocycles. The van der Waals surface area contributed by atoms with Gasteiger partial charge >= 0.3 is 0 Å². The first-order chi connectivity index (χ1) is 8.58. The highest BCUT2D eigenvalue weighted by Crippen LogP contribution is 2.25. The maximum Gasteiger partial charge on any atom is 0.236 e. The Hall–Kier alpha value is -0.870. The Kier molecular flexibility index (Phi) is 4.40. The number of hydrogen-bond donors (Lipinski definition) is 1. The first kappa shape index (κ1) is 13.6. The van der Waals surface area contributed by atoms with Crippen molar-refractivity contribution in [2.45, 2.75) is 31.8 Å². The van der Waals surface area contributed by atoms with Gasteiger partial charge < -0.3 is 10.2 Å². The van der Waals surface area contributed by atoms with Gasteiger partial charge in [0, 0.05) is 23.6 Å². The molecule has 1 atom stereocenters. The number of halogens is 1. The number of hydrogen-bond acceptors (Lipinski definition) is 2. The topological polar surface area (TPSA) is 32.3 Å². The van der Waals surface area contributed by atoms with Crippen LogP contribution in [0.2, 0.25) is 0 Å². The number of nitrogens with one attached hydrogen (secondary N) is 1. The van der Waals surface area contributed by atoms with E-state index >= 15 is 0 Å². The predicted octanol–water partition coefficient (Wildman–Crippen LogP) is 2.72. The molecule has 1 N–H and O–H groups in total. The Morgan fingerprint density at radius 2 is 2.28 bits per heavy atom. The Morgan fingerprint density at radius 1 is 1.56 bits per heavy atom. The first-order valence-electron chi connectivity index (χ1n) is 6.32. The third-order valence-electron chi connectivity index (χ3n) is 3.40. The fraction of sp³-hybridized carbons (Fsp3) is 0.500. The average molecular weight is 311 g/mol. The van der Waals surface area contributed by atoms with E-state index in [1.54, 1.807) is 0 Å². The summed E-state index contributed by atoms with van der Waals surface area (Å²) in [4.78, 5) is 13.7. The SMILES string of the molecule is C[C@@H](NCC(=O)N(C)C1CC1)c1cccc(Br)c1. The number of benzene rings is 1. The minimum Gasteiger partial charge on any atom is -0.342 e. The van der Waals surface area contributed by atoms with Crippen LogP contribution in [0.3, 0.4) is 0 Å². The van der Waals surface area contributed by atoms with Gasteiger partial charge in [-0.3, -0.25) is 4.79 Å². The van der Waals surface area contributed by atoms with Crippen molar-refractivity contribution < 1.29 is 4.79 Å². The fourth-order valence-corrected chi connectivity index (χ4v) is 2.34. The van der Waals surface area contributed by atoms with Crippen molar-refractivity contribution >= 4 is 21.8 Å². The Morgan fingerprint density at radius 3 is 2.89 bits per heavy atom. The summed E-state index contributed by atoms with van der Waals surface area (Å²) in [6.07, 6.45) is 2.31. The largest absolute Gasteiger partial charge is 0.342 e. The van der Waals surface area contributed by atoms with E-state index in [1.165, 1.54) is 5.56 Å². The van der Waals surface area contributed by atoms with Gasteiger partial charge in [-0.15, -0.1) is 0 Å². The predicted molar refractivity (Wildman–Crippen MR) is 76.4 cm³/mol. The molecule has 1 aromatic carbocycles. The van der Waals surface area contributed by atoms with Crippen LogP contribution in [0.1, 0.15) is 31.4 Å². The Bertz CT molecular complexity index is 432. The summed E-state index contributed by atoms with van der Waals surface area (Å²) in [6.45, 7) is 2.48. The second kappa shape index (κ2) is 5.85. The molecule has 3 nitrogen and oxygen atoms in total. The zero-order valence-electron chi connectivity index (χ0n) is 10.8. The van der Waals surface area contributed by atoms with Crippen LogP contribution in [0.25, 0.3) is 0 Å². The number of rotatable bonds is 5. The summed E-state index contributed by atoms with van der Waals surface area (Å²) >= 11 is 3.46. The lowest BCUT2D eigenvalue weighted by Crippen LogP contribution is -2.37. The van der Waals surface area contributed by atoms with E-state index in [-0.39, 0.29) is 11.9 Å². The van der Waals surface area contributed by atoms with Crippen molar-refractivity contribution in [3.05, 3.63) is 34.3 Å². The smallest absolute Gasteiger partial charge is 0.236 e. The van der Waals surface area contributed by atoms with Gasteiger partial charge in [0.1, 0.15) is 0 Å². The molecule has 1 aliphatic carbocycles. The third-order valence-corrected chi connectivity index (χ3v) is 3.89. The molecule has 2 rings (SSSR count). The van der Waals surface area contributed by atoms with E-state index in [9.17, 15) is 4.79 Å². The van der Waals surface area contributed by atoms with Crippen LogP contribution in [0.5, 0.6) is 0 Å². The third kappa shape index (κ3) is 3.56. The van der Waals surface area contributed by atoms with Crippen LogP contribution < -0.4 is 5.32 Å². The summed E-state index contributed by atoms with van der Waals surface area (Å²) in [5.74, 6) is 0.180. The lowest BCUT2D eigenvalue weighted by molar-refractivity contribution is -0.129. The van der Waals surface area contributed by atoms with Gasteiger partial charge in [0.2, 0.25) is 5.91 Å². The van der Waals surface area contributed by atoms with Crippen molar-refractivity contribution in [1.82, 2.24) is 10.2 Å². The van der Waals surface area contributed by atoms with Gasteiger partial charge in [0.15, 0.2) is 0 Å². The average Bonchev–Trinajstić information content (AvgIpc) is 3.18. The molecule has 0 spiro atoms. The molecule has 1 fully saturated rings. The molecular weight excluding hydrogens is 292 g/mol. The number of carbonyl (C=O) groups excluding carboxylic acids is 1. The van der Waals surface area contributed by atoms with E-state index in [0.717, 1.165) is 17.3 Å². The van der Waals surface area contributed by atoms with Crippen molar-refractivity contribution in [3.63, 3.8) is 0 Å². The van der Waals surface area contributed by atoms with Crippen LogP contribution in [-0.2, 0) is 4.79 Å². The number of carbonyl (C=O) groups is 1. The highest BCUT2D eigenvalue weighted by Gasteiger charge is 2.29. The normalized spacial score (nSPS) is 16.4. The molecular formula is C14H19BrN2O. The zero-order chi connectivity index (χ0) is 13.1. The van der Waals surface area contributed by atoms with Gasteiger partial charge in [-0.25, -0.2) is 0 Å². The molecule has 98 valence electrons. The molecule has 0 unspecified atom stereocenters. The molecule has 18 heavy (non-hydrogen) atoms. The number of amides is 1. The van der Waals surface area contributed by atoms with Crippen molar-refractivity contribution in [2.75, 3.05) is 13.6 Å². The maximum atomic E-state index is 11.9. The second-order valence-corrected chi connectivity index (χ2v) is 5.81. The molecule has 0 bridgehead atoms. The summed E-state index contributed by atoms with van der Waals surface area (Å²) < 4.78 is 1.06. The minimum atomic E-state index is 0.180. The van der Waals surface area contributed by atoms with E-state index in [0.29, 0.717) is 12.6 Å². The first-order valence-corrected chi connectivity index (χ1v) is 7.11. The van der Waals surface area contributed by atoms with Gasteiger partial charge in [-0.2, -0.15) is 0 Å². The van der Waals surface area contributed by atoms with Gasteiger partial charge in [0.05, 0.1) is 6.54 Å². The van der Waals surface area contributed by atoms with Crippen molar-refractivity contribution in [2.24, 2.45) is 0 Å². The quantitative estimate of drug-likeness (QED) is 0.907. The minimum absolute atomic E-state index is 0.180. The standard InChI is InChI=1S/C14H19BrN2O/c1-10(11-4-3-5-12(15)8-11)16-9-14(18)17(2)13-6-7-13/h3-5,8,10,13,16H,6-7,9H2,1-2H3/t10-/m1/s1. The lowest BCUT2D eigenvalue weighted by atomic mass is 10.1. The molecule has 4 heteroatoms. The van der Waals surface area contributed by atoms with Crippen molar-refractivity contribution in [1.29, 1.82) is 0 Å². The van der Waals surface area contributed by atoms with Crippen LogP contribution in [0, 0.1) is 0 Å². The highest BCUT2D eigenvalue weighted by atomic mass is 79.9. The van der Waals surface area contributed by atoms with Crippen LogP contribution >= 0.6 is 15.9 Å². The Labute approximate surface area is 117 Å². The fourth-order valence-electron chi connectivity index (χ4n) is 1.92. The summed E-state index contributed by atoms with van der Waals surface area (Å²) in [5.41, 5.74) is 1.19. The number of nitrogens with zero attached hydrogens (tertiary/aromatic N) is 1. The lowest BCUT2D eigenvalue weighted by Gasteiger charge is -2.19. The number of likely N-dealkylation sites (N-methyl/N-ethyl adjacent to an activating group) is 1. The molecule has 1 aliphatic rings. The summed E-state index contributed by atoms with van der Waals surface area (Å²) in [5, 5.41) is 3.28. The van der Waals surface area contributed by atoms with E-state index in [4.69, 9.17) is 0 Å². The summed E-state index contributed by atoms with van der Waals surface area (Å²) in [6, 6.07) is 8.82. The van der Waals surface area contributed by atoms with Crippen LogP contribution in [-0.4, -0.2) is 30.4 Å². The Balaban J connectivity index is 1.84. The van der Waals surface area contributed by atoms with E-state index < -0.39 is 0 Å². The zero-order valence-corrected chi connectivity index (χ0v) is 12.4. The van der Waals surface area contributed by atoms with Gasteiger partial charge in [-0.05, 0) is 37.5 Å². The van der Waals surface area contributed by atoms with Gasteiger partial charge in [0.25, 0.3) is 0 Å². The molecule has 0 aliphatic heterocycles. The second-order valence-electron chi connectivity index (χ2n) is 4.89. The van der Waals surface area contributed by atoms with Crippen molar-refractivity contribution in [3.8, 4) is 0 Å². The molecule has 1 amide bonds. The van der Waals surface area contributed by atoms with E-state index in [1.807, 2.05) is 24.1 Å². The highest BCUT2D eigenvalue weighted by molar-refractivity contribution is 9.10. The molecule has 0 saturated heterocycles.